The van der Waals surface area contributed by atoms with Crippen LogP contribution in [0, 0.1) is 5.92 Å². The van der Waals surface area contributed by atoms with Crippen LogP contribution in [0.3, 0.4) is 0 Å². The number of carbonyl (C=O) groups is 2. The van der Waals surface area contributed by atoms with Crippen LogP contribution in [0.25, 0.3) is 0 Å². The zero-order valence-electron chi connectivity index (χ0n) is 10.3. The number of amides is 2. The number of hydrogen-bond acceptors (Lipinski definition) is 4. The molecule has 0 bridgehead atoms. The van der Waals surface area contributed by atoms with E-state index in [0.29, 0.717) is 0 Å². The predicted octanol–water partition coefficient (Wildman–Crippen LogP) is -0.927. The summed E-state index contributed by atoms with van der Waals surface area (Å²) in [6.07, 6.45) is 0.290. The molecule has 0 aliphatic heterocycles. The van der Waals surface area contributed by atoms with Crippen molar-refractivity contribution in [3.63, 3.8) is 0 Å². The van der Waals surface area contributed by atoms with Crippen LogP contribution in [0.1, 0.15) is 20.3 Å². The number of urea groups is 1. The largest absolute Gasteiger partial charge is 0.480 e. The molecule has 0 aliphatic carbocycles. The molecule has 0 saturated heterocycles. The Labute approximate surface area is 106 Å². The maximum absolute atomic E-state index is 11.3. The number of nitrogens with two attached hydrogens (primary N) is 1. The van der Waals surface area contributed by atoms with E-state index < -0.39 is 33.8 Å². The average Bonchev–Trinajstić information content (AvgIpc) is 2.13. The first-order valence-electron chi connectivity index (χ1n) is 5.39. The molecule has 0 unspecified atom stereocenters. The van der Waals surface area contributed by atoms with E-state index in [9.17, 15) is 18.0 Å². The molecule has 0 radical (unpaired) electrons. The van der Waals surface area contributed by atoms with Gasteiger partial charge in [-0.15, -0.1) is 0 Å². The van der Waals surface area contributed by atoms with Gasteiger partial charge in [-0.1, -0.05) is 13.8 Å². The second-order valence-corrected chi connectivity index (χ2v) is 6.02. The zero-order chi connectivity index (χ0) is 14.3. The van der Waals surface area contributed by atoms with Crippen molar-refractivity contribution < 1.29 is 23.1 Å². The zero-order valence-corrected chi connectivity index (χ0v) is 11.2. The SMILES string of the molecule is CC(C)C[C@@H](NC(=O)NCCS(N)(=O)=O)C(=O)O. The van der Waals surface area contributed by atoms with E-state index in [4.69, 9.17) is 10.2 Å². The highest BCUT2D eigenvalue weighted by Crippen LogP contribution is 2.04. The van der Waals surface area contributed by atoms with Gasteiger partial charge in [0.25, 0.3) is 0 Å². The average molecular weight is 281 g/mol. The highest BCUT2D eigenvalue weighted by molar-refractivity contribution is 7.89. The molecular weight excluding hydrogens is 262 g/mol. The van der Waals surface area contributed by atoms with Crippen LogP contribution in [0.15, 0.2) is 0 Å². The van der Waals surface area contributed by atoms with Gasteiger partial charge in [0, 0.05) is 6.54 Å². The van der Waals surface area contributed by atoms with E-state index in [1.807, 2.05) is 13.8 Å². The molecule has 18 heavy (non-hydrogen) atoms. The smallest absolute Gasteiger partial charge is 0.326 e. The Bertz CT molecular complexity index is 393. The third-order valence-corrected chi connectivity index (χ3v) is 2.76. The third kappa shape index (κ3) is 8.76. The maximum Gasteiger partial charge on any atom is 0.326 e. The first-order valence-corrected chi connectivity index (χ1v) is 7.11. The third-order valence-electron chi connectivity index (χ3n) is 1.98. The number of hydrogen-bond donors (Lipinski definition) is 4. The number of nitrogens with one attached hydrogen (secondary N) is 2. The molecule has 0 aromatic heterocycles. The summed E-state index contributed by atoms with van der Waals surface area (Å²) in [6, 6.07) is -1.73. The van der Waals surface area contributed by atoms with Crippen LogP contribution < -0.4 is 15.8 Å². The van der Waals surface area contributed by atoms with Crippen LogP contribution in [0.5, 0.6) is 0 Å². The van der Waals surface area contributed by atoms with Gasteiger partial charge in [-0.3, -0.25) is 0 Å². The lowest BCUT2D eigenvalue weighted by atomic mass is 10.0. The Morgan fingerprint density at radius 2 is 1.89 bits per heavy atom. The molecule has 0 heterocycles. The molecular formula is C9H19N3O5S. The van der Waals surface area contributed by atoms with Crippen LogP contribution in [-0.4, -0.2) is 43.9 Å². The summed E-state index contributed by atoms with van der Waals surface area (Å²) < 4.78 is 21.2. The van der Waals surface area contributed by atoms with Crippen LogP contribution >= 0.6 is 0 Å². The van der Waals surface area contributed by atoms with Crippen molar-refractivity contribution in [2.45, 2.75) is 26.3 Å². The number of carbonyl (C=O) groups excluding carboxylic acids is 1. The van der Waals surface area contributed by atoms with Gasteiger partial charge in [-0.05, 0) is 12.3 Å². The van der Waals surface area contributed by atoms with Gasteiger partial charge in [-0.2, -0.15) is 0 Å². The van der Waals surface area contributed by atoms with Crippen molar-refractivity contribution in [2.24, 2.45) is 11.1 Å². The lowest BCUT2D eigenvalue weighted by Crippen LogP contribution is -2.47. The molecule has 0 saturated carbocycles. The molecule has 0 rings (SSSR count). The van der Waals surface area contributed by atoms with Crippen molar-refractivity contribution in [1.29, 1.82) is 0 Å². The van der Waals surface area contributed by atoms with E-state index in [0.717, 1.165) is 0 Å². The first kappa shape index (κ1) is 16.6. The molecule has 1 atom stereocenters. The maximum atomic E-state index is 11.3. The Morgan fingerprint density at radius 1 is 1.33 bits per heavy atom. The van der Waals surface area contributed by atoms with Gasteiger partial charge in [0.2, 0.25) is 10.0 Å². The Kier molecular flexibility index (Phi) is 6.63. The van der Waals surface area contributed by atoms with Gasteiger partial charge in [-0.25, -0.2) is 23.1 Å². The molecule has 106 valence electrons. The summed E-state index contributed by atoms with van der Waals surface area (Å²) in [5.74, 6) is -1.43. The molecule has 9 heteroatoms. The van der Waals surface area contributed by atoms with E-state index in [1.54, 1.807) is 0 Å². The van der Waals surface area contributed by atoms with E-state index in [-0.39, 0.29) is 18.9 Å². The number of rotatable bonds is 7. The lowest BCUT2D eigenvalue weighted by Gasteiger charge is -2.16. The Balaban J connectivity index is 4.15. The van der Waals surface area contributed by atoms with Crippen molar-refractivity contribution in [3.8, 4) is 0 Å². The number of carboxylic acids is 1. The molecule has 0 spiro atoms. The van der Waals surface area contributed by atoms with Crippen LogP contribution in [0.2, 0.25) is 0 Å². The fourth-order valence-corrected chi connectivity index (χ4v) is 1.60. The predicted molar refractivity (Wildman–Crippen MR) is 65.4 cm³/mol. The lowest BCUT2D eigenvalue weighted by molar-refractivity contribution is -0.139. The molecule has 0 aromatic rings. The van der Waals surface area contributed by atoms with E-state index >= 15 is 0 Å². The van der Waals surface area contributed by atoms with Crippen LogP contribution in [0.4, 0.5) is 4.79 Å². The highest BCUT2D eigenvalue weighted by Gasteiger charge is 2.20. The van der Waals surface area contributed by atoms with Gasteiger partial charge in [0.1, 0.15) is 6.04 Å². The summed E-state index contributed by atoms with van der Waals surface area (Å²) in [5, 5.41) is 18.1. The fourth-order valence-electron chi connectivity index (χ4n) is 1.21. The molecule has 2 amide bonds. The standard InChI is InChI=1S/C9H19N3O5S/c1-6(2)5-7(8(13)14)12-9(15)11-3-4-18(10,16)17/h6-7H,3-5H2,1-2H3,(H,13,14)(H2,10,16,17)(H2,11,12,15)/t7-/m1/s1. The van der Waals surface area contributed by atoms with Gasteiger partial charge >= 0.3 is 12.0 Å². The normalized spacial score (nSPS) is 13.1. The molecule has 0 aliphatic rings. The number of sulfonamides is 1. The minimum absolute atomic E-state index is 0.107. The van der Waals surface area contributed by atoms with Gasteiger partial charge < -0.3 is 15.7 Å². The number of carboxylic acid groups (broad SMARTS) is 1. The van der Waals surface area contributed by atoms with Crippen molar-refractivity contribution in [2.75, 3.05) is 12.3 Å². The van der Waals surface area contributed by atoms with E-state index in [2.05, 4.69) is 10.6 Å². The summed E-state index contributed by atoms with van der Waals surface area (Å²) in [5.41, 5.74) is 0. The number of primary sulfonamides is 1. The topological polar surface area (TPSA) is 139 Å². The summed E-state index contributed by atoms with van der Waals surface area (Å²) >= 11 is 0. The summed E-state index contributed by atoms with van der Waals surface area (Å²) in [6.45, 7) is 3.49. The minimum atomic E-state index is -3.64. The summed E-state index contributed by atoms with van der Waals surface area (Å²) in [4.78, 5) is 22.1. The Hall–Kier alpha value is -1.35. The quantitative estimate of drug-likeness (QED) is 0.477. The van der Waals surface area contributed by atoms with Crippen molar-refractivity contribution in [1.82, 2.24) is 10.6 Å². The fraction of sp³-hybridized carbons (Fsp3) is 0.778. The second-order valence-electron chi connectivity index (χ2n) is 4.29. The molecule has 5 N–H and O–H groups in total. The monoisotopic (exact) mass is 281 g/mol. The summed E-state index contributed by atoms with van der Waals surface area (Å²) in [7, 11) is -3.64. The first-order chi connectivity index (χ1) is 8.11. The van der Waals surface area contributed by atoms with Crippen LogP contribution in [-0.2, 0) is 14.8 Å². The molecule has 0 fully saturated rings. The second kappa shape index (κ2) is 7.17. The molecule has 8 nitrogen and oxygen atoms in total. The number of aliphatic carboxylic acids is 1. The Morgan fingerprint density at radius 3 is 2.28 bits per heavy atom. The minimum Gasteiger partial charge on any atom is -0.480 e. The van der Waals surface area contributed by atoms with Gasteiger partial charge in [0.05, 0.1) is 5.75 Å². The molecule has 0 aromatic carbocycles. The van der Waals surface area contributed by atoms with E-state index in [1.165, 1.54) is 0 Å². The highest BCUT2D eigenvalue weighted by atomic mass is 32.2. The van der Waals surface area contributed by atoms with Gasteiger partial charge in [0.15, 0.2) is 0 Å². The van der Waals surface area contributed by atoms with Crippen molar-refractivity contribution >= 4 is 22.0 Å². The van der Waals surface area contributed by atoms with Crippen molar-refractivity contribution in [3.05, 3.63) is 0 Å².